The molecule has 5 aromatic rings. The van der Waals surface area contributed by atoms with Crippen LogP contribution in [0.5, 0.6) is 0 Å². The SMILES string of the molecule is COC(=O)[C@H](Cc1c(-c2ccc(-c3ccccc3)cc2)n(-c2ccccn2)c2ccccc12)NC(=O)CNC(=O)OC(C)(C)C. The molecule has 0 aliphatic carbocycles. The fraction of sp³-hybridized carbons (Fsp3) is 0.222. The Morgan fingerprint density at radius 2 is 1.47 bits per heavy atom. The van der Waals surface area contributed by atoms with Gasteiger partial charge in [-0.05, 0) is 61.2 Å². The molecule has 0 unspecified atom stereocenters. The molecular weight excluding hydrogens is 568 g/mol. The van der Waals surface area contributed by atoms with E-state index in [1.807, 2.05) is 60.7 Å². The maximum absolute atomic E-state index is 13.1. The molecule has 0 fully saturated rings. The van der Waals surface area contributed by atoms with Gasteiger partial charge in [0, 0.05) is 18.0 Å². The molecule has 5 rings (SSSR count). The van der Waals surface area contributed by atoms with Crippen LogP contribution in [0.2, 0.25) is 0 Å². The predicted octanol–water partition coefficient (Wildman–Crippen LogP) is 6.08. The van der Waals surface area contributed by atoms with Crippen molar-refractivity contribution in [2.24, 2.45) is 0 Å². The third kappa shape index (κ3) is 7.38. The van der Waals surface area contributed by atoms with Crippen molar-refractivity contribution in [2.75, 3.05) is 13.7 Å². The van der Waals surface area contributed by atoms with Crippen molar-refractivity contribution in [3.05, 3.63) is 109 Å². The van der Waals surface area contributed by atoms with Gasteiger partial charge in [-0.2, -0.15) is 0 Å². The number of para-hydroxylation sites is 1. The summed E-state index contributed by atoms with van der Waals surface area (Å²) in [6.45, 7) is 4.82. The Labute approximate surface area is 262 Å². The van der Waals surface area contributed by atoms with Gasteiger partial charge in [-0.15, -0.1) is 0 Å². The molecule has 0 aliphatic heterocycles. The number of alkyl carbamates (subject to hydrolysis) is 1. The zero-order chi connectivity index (χ0) is 32.0. The lowest BCUT2D eigenvalue weighted by molar-refractivity contribution is -0.144. The molecule has 9 nitrogen and oxygen atoms in total. The standard InChI is InChI=1S/C36H36N4O5/c1-36(2,3)45-35(43)38-23-32(41)39-29(34(42)44-4)22-28-27-14-8-9-15-30(27)40(31-16-10-11-21-37-31)33(28)26-19-17-25(18-20-26)24-12-6-5-7-13-24/h5-21,29H,22-23H2,1-4H3,(H,38,43)(H,39,41)/t29-/m0/s1. The summed E-state index contributed by atoms with van der Waals surface area (Å²) in [5.41, 5.74) is 4.93. The number of carbonyl (C=O) groups is 3. The summed E-state index contributed by atoms with van der Waals surface area (Å²) in [5.74, 6) is -0.457. The number of hydrogen-bond acceptors (Lipinski definition) is 6. The number of rotatable bonds is 9. The molecule has 0 spiro atoms. The monoisotopic (exact) mass is 604 g/mol. The lowest BCUT2D eigenvalue weighted by atomic mass is 9.97. The van der Waals surface area contributed by atoms with Crippen molar-refractivity contribution in [3.63, 3.8) is 0 Å². The van der Waals surface area contributed by atoms with Crippen molar-refractivity contribution in [3.8, 4) is 28.2 Å². The van der Waals surface area contributed by atoms with Gasteiger partial charge in [0.15, 0.2) is 0 Å². The molecule has 2 amide bonds. The molecular formula is C36H36N4O5. The van der Waals surface area contributed by atoms with Crippen LogP contribution in [-0.2, 0) is 25.5 Å². The minimum atomic E-state index is -1.03. The van der Waals surface area contributed by atoms with Gasteiger partial charge in [0.05, 0.1) is 18.3 Å². The summed E-state index contributed by atoms with van der Waals surface area (Å²) in [5, 5.41) is 6.09. The number of nitrogens with zero attached hydrogens (tertiary/aromatic N) is 2. The average molecular weight is 605 g/mol. The molecule has 230 valence electrons. The normalized spacial score (nSPS) is 11.9. The van der Waals surface area contributed by atoms with E-state index in [0.29, 0.717) is 5.82 Å². The van der Waals surface area contributed by atoms with Crippen LogP contribution >= 0.6 is 0 Å². The molecule has 1 atom stereocenters. The van der Waals surface area contributed by atoms with Crippen LogP contribution in [0.3, 0.4) is 0 Å². The van der Waals surface area contributed by atoms with Crippen LogP contribution in [0.1, 0.15) is 26.3 Å². The Hall–Kier alpha value is -5.44. The summed E-state index contributed by atoms with van der Waals surface area (Å²) >= 11 is 0. The predicted molar refractivity (Wildman–Crippen MR) is 174 cm³/mol. The highest BCUT2D eigenvalue weighted by molar-refractivity contribution is 5.95. The summed E-state index contributed by atoms with van der Waals surface area (Å²) in [6, 6.07) is 30.9. The Morgan fingerprint density at radius 1 is 0.822 bits per heavy atom. The topological polar surface area (TPSA) is 112 Å². The highest BCUT2D eigenvalue weighted by Gasteiger charge is 2.28. The molecule has 2 aromatic heterocycles. The number of carbonyl (C=O) groups excluding carboxylic acids is 3. The second-order valence-corrected chi connectivity index (χ2v) is 11.5. The van der Waals surface area contributed by atoms with E-state index in [0.717, 1.165) is 38.9 Å². The van der Waals surface area contributed by atoms with Crippen LogP contribution < -0.4 is 10.6 Å². The third-order valence-electron chi connectivity index (χ3n) is 7.14. The smallest absolute Gasteiger partial charge is 0.408 e. The first kappa shape index (κ1) is 31.0. The summed E-state index contributed by atoms with van der Waals surface area (Å²) in [4.78, 5) is 42.8. The lowest BCUT2D eigenvalue weighted by Crippen LogP contribution is -2.47. The van der Waals surface area contributed by atoms with Crippen LogP contribution in [0.25, 0.3) is 39.1 Å². The molecule has 0 bridgehead atoms. The molecule has 0 aliphatic rings. The van der Waals surface area contributed by atoms with E-state index in [1.165, 1.54) is 7.11 Å². The number of nitrogens with one attached hydrogen (secondary N) is 2. The maximum atomic E-state index is 13.1. The third-order valence-corrected chi connectivity index (χ3v) is 7.14. The van der Waals surface area contributed by atoms with Crippen molar-refractivity contribution in [1.29, 1.82) is 0 Å². The Morgan fingerprint density at radius 3 is 2.13 bits per heavy atom. The number of benzene rings is 3. The second-order valence-electron chi connectivity index (χ2n) is 11.5. The molecule has 2 heterocycles. The molecule has 9 heteroatoms. The summed E-state index contributed by atoms with van der Waals surface area (Å²) < 4.78 is 12.4. The minimum absolute atomic E-state index is 0.126. The Bertz CT molecular complexity index is 1790. The first-order valence-electron chi connectivity index (χ1n) is 14.7. The van der Waals surface area contributed by atoms with Crippen molar-refractivity contribution < 1.29 is 23.9 Å². The fourth-order valence-electron chi connectivity index (χ4n) is 5.24. The van der Waals surface area contributed by atoms with Gasteiger partial charge >= 0.3 is 12.1 Å². The number of fused-ring (bicyclic) bond motifs is 1. The summed E-state index contributed by atoms with van der Waals surface area (Å²) in [6.07, 6.45) is 1.13. The Kier molecular flexibility index (Phi) is 9.28. The van der Waals surface area contributed by atoms with Gasteiger partial charge in [-0.25, -0.2) is 14.6 Å². The minimum Gasteiger partial charge on any atom is -0.467 e. The van der Waals surface area contributed by atoms with Crippen LogP contribution in [0.15, 0.2) is 103 Å². The number of ether oxygens (including phenoxy) is 2. The average Bonchev–Trinajstić information content (AvgIpc) is 3.37. The first-order chi connectivity index (χ1) is 21.6. The zero-order valence-electron chi connectivity index (χ0n) is 25.7. The molecule has 2 N–H and O–H groups in total. The zero-order valence-corrected chi connectivity index (χ0v) is 25.7. The number of esters is 1. The van der Waals surface area contributed by atoms with E-state index < -0.39 is 29.6 Å². The highest BCUT2D eigenvalue weighted by Crippen LogP contribution is 2.37. The number of aromatic nitrogens is 2. The van der Waals surface area contributed by atoms with Gasteiger partial charge in [0.1, 0.15) is 24.0 Å². The molecule has 0 saturated carbocycles. The van der Waals surface area contributed by atoms with Crippen molar-refractivity contribution in [2.45, 2.75) is 38.8 Å². The van der Waals surface area contributed by atoms with Gasteiger partial charge in [-0.3, -0.25) is 9.36 Å². The first-order valence-corrected chi connectivity index (χ1v) is 14.7. The van der Waals surface area contributed by atoms with Crippen molar-refractivity contribution in [1.82, 2.24) is 20.2 Å². The van der Waals surface area contributed by atoms with E-state index >= 15 is 0 Å². The molecule has 0 saturated heterocycles. The molecule has 3 aromatic carbocycles. The number of pyridine rings is 1. The molecule has 0 radical (unpaired) electrons. The van der Waals surface area contributed by atoms with E-state index in [9.17, 15) is 14.4 Å². The van der Waals surface area contributed by atoms with Crippen molar-refractivity contribution >= 4 is 28.9 Å². The number of hydrogen-bond donors (Lipinski definition) is 2. The Balaban J connectivity index is 1.56. The summed E-state index contributed by atoms with van der Waals surface area (Å²) in [7, 11) is 1.28. The number of amides is 2. The van der Waals surface area contributed by atoms with Crippen LogP contribution in [0, 0.1) is 0 Å². The highest BCUT2D eigenvalue weighted by atomic mass is 16.6. The number of methoxy groups -OCH3 is 1. The van der Waals surface area contributed by atoms with Crippen LogP contribution in [0.4, 0.5) is 4.79 Å². The van der Waals surface area contributed by atoms with Gasteiger partial charge in [0.25, 0.3) is 0 Å². The van der Waals surface area contributed by atoms with Crippen LogP contribution in [-0.4, -0.2) is 52.8 Å². The van der Waals surface area contributed by atoms with Gasteiger partial charge in [-0.1, -0.05) is 78.9 Å². The van der Waals surface area contributed by atoms with E-state index in [-0.39, 0.29) is 13.0 Å². The van der Waals surface area contributed by atoms with Gasteiger partial charge in [0.2, 0.25) is 5.91 Å². The van der Waals surface area contributed by atoms with E-state index in [1.54, 1.807) is 27.0 Å². The fourth-order valence-corrected chi connectivity index (χ4v) is 5.24. The lowest BCUT2D eigenvalue weighted by Gasteiger charge is -2.20. The van der Waals surface area contributed by atoms with E-state index in [2.05, 4.69) is 56.6 Å². The second kappa shape index (κ2) is 13.5. The van der Waals surface area contributed by atoms with Gasteiger partial charge < -0.3 is 20.1 Å². The molecule has 45 heavy (non-hydrogen) atoms. The van der Waals surface area contributed by atoms with E-state index in [4.69, 9.17) is 9.47 Å². The maximum Gasteiger partial charge on any atom is 0.408 e. The quantitative estimate of drug-likeness (QED) is 0.197. The largest absolute Gasteiger partial charge is 0.467 e.